The van der Waals surface area contributed by atoms with E-state index in [-0.39, 0.29) is 5.88 Å². The lowest BCUT2D eigenvalue weighted by atomic mass is 9.57. The smallest absolute Gasteiger partial charge is 0.167 e. The predicted molar refractivity (Wildman–Crippen MR) is 103 cm³/mol. The van der Waals surface area contributed by atoms with Gasteiger partial charge in [0.1, 0.15) is 11.7 Å². The third-order valence-electron chi connectivity index (χ3n) is 6.02. The normalized spacial score (nSPS) is 23.2. The molecule has 0 bridgehead atoms. The highest BCUT2D eigenvalue weighted by molar-refractivity contribution is 7.79. The monoisotopic (exact) mass is 407 g/mol. The lowest BCUT2D eigenvalue weighted by molar-refractivity contribution is -0.0652. The van der Waals surface area contributed by atoms with E-state index in [0.29, 0.717) is 11.3 Å². The summed E-state index contributed by atoms with van der Waals surface area (Å²) in [4.78, 5) is 4.29. The molecular formula is C18H22ClN5O2S. The SMILES string of the molecule is CN1Cc2cc(Cl)ccc2-n2c(nnc2C2CC3(C2)CN(CS(=O)O)C3)C1. The molecule has 0 amide bonds. The predicted octanol–water partition coefficient (Wildman–Crippen LogP) is 2.22. The van der Waals surface area contributed by atoms with Crippen LogP contribution >= 0.6 is 11.6 Å². The Bertz CT molecular complexity index is 918. The molecule has 3 aliphatic rings. The molecule has 1 saturated carbocycles. The maximum absolute atomic E-state index is 11.0. The summed E-state index contributed by atoms with van der Waals surface area (Å²) >= 11 is 4.49. The van der Waals surface area contributed by atoms with Gasteiger partial charge >= 0.3 is 0 Å². The second-order valence-electron chi connectivity index (χ2n) is 8.30. The van der Waals surface area contributed by atoms with Gasteiger partial charge in [0, 0.05) is 30.6 Å². The van der Waals surface area contributed by atoms with Crippen LogP contribution in [0.25, 0.3) is 5.69 Å². The number of nitrogens with zero attached hydrogens (tertiary/aromatic N) is 5. The van der Waals surface area contributed by atoms with Crippen LogP contribution in [0.3, 0.4) is 0 Å². The molecule has 9 heteroatoms. The fourth-order valence-electron chi connectivity index (χ4n) is 5.02. The molecule has 5 rings (SSSR count). The van der Waals surface area contributed by atoms with Crippen molar-refractivity contribution in [2.75, 3.05) is 26.0 Å². The molecule has 1 saturated heterocycles. The van der Waals surface area contributed by atoms with Gasteiger partial charge < -0.3 is 4.55 Å². The maximum Gasteiger partial charge on any atom is 0.167 e. The number of likely N-dealkylation sites (tertiary alicyclic amines) is 1. The fraction of sp³-hybridized carbons (Fsp3) is 0.556. The maximum atomic E-state index is 11.0. The average molecular weight is 408 g/mol. The largest absolute Gasteiger partial charge is 0.305 e. The van der Waals surface area contributed by atoms with Crippen molar-refractivity contribution >= 4 is 22.7 Å². The van der Waals surface area contributed by atoms with Crippen LogP contribution in [0.5, 0.6) is 0 Å². The van der Waals surface area contributed by atoms with Crippen molar-refractivity contribution in [2.24, 2.45) is 5.41 Å². The van der Waals surface area contributed by atoms with Gasteiger partial charge in [-0.05, 0) is 49.1 Å². The minimum absolute atomic E-state index is 0.257. The third-order valence-corrected chi connectivity index (χ3v) is 6.85. The highest BCUT2D eigenvalue weighted by Gasteiger charge is 2.54. The van der Waals surface area contributed by atoms with Crippen molar-refractivity contribution in [1.82, 2.24) is 24.6 Å². The molecule has 2 fully saturated rings. The number of benzene rings is 1. The van der Waals surface area contributed by atoms with Gasteiger partial charge in [0.15, 0.2) is 16.9 Å². The highest BCUT2D eigenvalue weighted by Crippen LogP contribution is 2.56. The van der Waals surface area contributed by atoms with Crippen LogP contribution in [0.2, 0.25) is 5.02 Å². The summed E-state index contributed by atoms with van der Waals surface area (Å²) in [5.74, 6) is 2.66. The number of halogens is 1. The molecule has 1 N–H and O–H groups in total. The van der Waals surface area contributed by atoms with E-state index in [9.17, 15) is 4.21 Å². The number of rotatable bonds is 3. The summed E-state index contributed by atoms with van der Waals surface area (Å²) in [5.41, 5.74) is 2.62. The first-order chi connectivity index (χ1) is 12.9. The van der Waals surface area contributed by atoms with Crippen molar-refractivity contribution in [3.05, 3.63) is 40.4 Å². The van der Waals surface area contributed by atoms with Gasteiger partial charge in [-0.3, -0.25) is 14.4 Å². The van der Waals surface area contributed by atoms with Gasteiger partial charge in [-0.25, -0.2) is 4.21 Å². The molecule has 27 heavy (non-hydrogen) atoms. The summed E-state index contributed by atoms with van der Waals surface area (Å²) in [6.45, 7) is 3.41. The van der Waals surface area contributed by atoms with E-state index >= 15 is 0 Å². The van der Waals surface area contributed by atoms with Gasteiger partial charge in [0.05, 0.1) is 12.2 Å². The Hall–Kier alpha value is -1.32. The fourth-order valence-corrected chi connectivity index (χ4v) is 5.71. The van der Waals surface area contributed by atoms with E-state index in [2.05, 4.69) is 37.7 Å². The molecule has 1 aromatic heterocycles. The van der Waals surface area contributed by atoms with Gasteiger partial charge in [-0.1, -0.05) is 11.6 Å². The Labute approximate surface area is 165 Å². The van der Waals surface area contributed by atoms with Crippen LogP contribution in [0.4, 0.5) is 0 Å². The minimum Gasteiger partial charge on any atom is -0.305 e. The van der Waals surface area contributed by atoms with E-state index < -0.39 is 11.1 Å². The van der Waals surface area contributed by atoms with E-state index in [1.165, 1.54) is 5.56 Å². The molecule has 1 aromatic carbocycles. The zero-order chi connectivity index (χ0) is 18.8. The van der Waals surface area contributed by atoms with E-state index in [1.54, 1.807) is 0 Å². The number of hydrogen-bond acceptors (Lipinski definition) is 5. The molecule has 1 unspecified atom stereocenters. The van der Waals surface area contributed by atoms with Crippen LogP contribution < -0.4 is 0 Å². The van der Waals surface area contributed by atoms with E-state index in [1.807, 2.05) is 12.1 Å². The van der Waals surface area contributed by atoms with Crippen LogP contribution in [0.1, 0.15) is 36.0 Å². The quantitative estimate of drug-likeness (QED) is 0.786. The first kappa shape index (κ1) is 17.8. The second-order valence-corrected chi connectivity index (χ2v) is 9.64. The van der Waals surface area contributed by atoms with Crippen LogP contribution in [0.15, 0.2) is 18.2 Å². The average Bonchev–Trinajstić information content (AvgIpc) is 2.85. The van der Waals surface area contributed by atoms with E-state index in [0.717, 1.165) is 61.4 Å². The summed E-state index contributed by atoms with van der Waals surface area (Å²) in [6.07, 6.45) is 2.14. The first-order valence-electron chi connectivity index (χ1n) is 9.14. The molecule has 144 valence electrons. The Morgan fingerprint density at radius 3 is 2.81 bits per heavy atom. The molecule has 7 nitrogen and oxygen atoms in total. The third kappa shape index (κ3) is 3.03. The molecule has 1 spiro atoms. The Morgan fingerprint density at radius 1 is 1.30 bits per heavy atom. The summed E-state index contributed by atoms with van der Waals surface area (Å²) < 4.78 is 22.2. The Balaban J connectivity index is 1.40. The van der Waals surface area contributed by atoms with Crippen LogP contribution in [-0.4, -0.2) is 59.3 Å². The van der Waals surface area contributed by atoms with Crippen molar-refractivity contribution in [2.45, 2.75) is 31.8 Å². The molecule has 1 aliphatic carbocycles. The molecule has 2 aliphatic heterocycles. The van der Waals surface area contributed by atoms with Gasteiger partial charge in [-0.15, -0.1) is 10.2 Å². The Kier molecular flexibility index (Phi) is 4.18. The molecule has 0 radical (unpaired) electrons. The molecule has 1 atom stereocenters. The van der Waals surface area contributed by atoms with Crippen molar-refractivity contribution in [3.63, 3.8) is 0 Å². The zero-order valence-corrected chi connectivity index (χ0v) is 16.7. The van der Waals surface area contributed by atoms with Crippen molar-refractivity contribution in [3.8, 4) is 5.69 Å². The lowest BCUT2D eigenvalue weighted by Crippen LogP contribution is -2.62. The van der Waals surface area contributed by atoms with Crippen molar-refractivity contribution in [1.29, 1.82) is 0 Å². The number of aromatic nitrogens is 3. The molecule has 2 aromatic rings. The lowest BCUT2D eigenvalue weighted by Gasteiger charge is -2.58. The van der Waals surface area contributed by atoms with Crippen molar-refractivity contribution < 1.29 is 8.76 Å². The summed E-state index contributed by atoms with van der Waals surface area (Å²) in [6, 6.07) is 6.04. The number of fused-ring (bicyclic) bond motifs is 3. The Morgan fingerprint density at radius 2 is 2.07 bits per heavy atom. The van der Waals surface area contributed by atoms with Gasteiger partial charge in [-0.2, -0.15) is 0 Å². The summed E-state index contributed by atoms with van der Waals surface area (Å²) in [7, 11) is 2.08. The van der Waals surface area contributed by atoms with Crippen LogP contribution in [0, 0.1) is 5.41 Å². The van der Waals surface area contributed by atoms with Crippen LogP contribution in [-0.2, 0) is 24.2 Å². The molecular weight excluding hydrogens is 386 g/mol. The summed E-state index contributed by atoms with van der Waals surface area (Å²) in [5, 5.41) is 9.80. The van der Waals surface area contributed by atoms with Gasteiger partial charge in [0.2, 0.25) is 0 Å². The topological polar surface area (TPSA) is 74.5 Å². The second kappa shape index (κ2) is 6.35. The standard InChI is InChI=1S/C18H22ClN5O2S/c1-22-7-12-4-14(19)2-3-15(12)24-16(8-22)20-21-17(24)13-5-18(6-13)9-23(10-18)11-27(25)26/h2-4,13H,5-11H2,1H3,(H,25,26). The van der Waals surface area contributed by atoms with E-state index in [4.69, 9.17) is 16.2 Å². The van der Waals surface area contributed by atoms with Gasteiger partial charge in [0.25, 0.3) is 0 Å². The highest BCUT2D eigenvalue weighted by atomic mass is 35.5. The zero-order valence-electron chi connectivity index (χ0n) is 15.1. The number of hydrogen-bond donors (Lipinski definition) is 1. The first-order valence-corrected chi connectivity index (χ1v) is 10.8. The molecule has 3 heterocycles. The minimum atomic E-state index is -1.74.